The fourth-order valence-corrected chi connectivity index (χ4v) is 5.10. The number of primary amides is 1. The highest BCUT2D eigenvalue weighted by atomic mass is 19.1. The molecule has 0 saturated heterocycles. The van der Waals surface area contributed by atoms with Crippen LogP contribution < -0.4 is 21.1 Å². The molecule has 0 aliphatic carbocycles. The Bertz CT molecular complexity index is 1670. The third kappa shape index (κ3) is 5.52. The molecular weight excluding hydrogens is 521 g/mol. The molecule has 5 rings (SSSR count). The number of methoxy groups -OCH3 is 1. The van der Waals surface area contributed by atoms with E-state index in [0.717, 1.165) is 40.4 Å². The number of ether oxygens (including phenoxy) is 1. The van der Waals surface area contributed by atoms with Crippen LogP contribution in [-0.2, 0) is 24.9 Å². The lowest BCUT2D eigenvalue weighted by Gasteiger charge is -2.21. The van der Waals surface area contributed by atoms with Crippen molar-refractivity contribution in [1.29, 1.82) is 0 Å². The average molecular weight is 556 g/mol. The van der Waals surface area contributed by atoms with E-state index >= 15 is 0 Å². The molecule has 0 saturated carbocycles. The molecule has 1 aliphatic heterocycles. The zero-order valence-electron chi connectivity index (χ0n) is 23.9. The number of nitrogens with one attached hydrogen (secondary N) is 2. The number of aromatic nitrogens is 2. The first-order chi connectivity index (χ1) is 19.5. The van der Waals surface area contributed by atoms with Gasteiger partial charge in [0.05, 0.1) is 12.7 Å². The van der Waals surface area contributed by atoms with E-state index in [4.69, 9.17) is 15.6 Å². The van der Waals surface area contributed by atoms with Gasteiger partial charge in [-0.3, -0.25) is 9.59 Å². The lowest BCUT2D eigenvalue weighted by atomic mass is 9.85. The number of carbonyl (C=O) groups excluding carboxylic acids is 2. The SMILES string of the molecule is COc1ccc(F)cc1C(=O)NCc1ccc(-c2nn3c(c2C(N)=O)Nc2ccc(C(C)(C)C)cc2CC3)cc1C. The van der Waals surface area contributed by atoms with Gasteiger partial charge in [-0.25, -0.2) is 9.07 Å². The molecule has 2 heterocycles. The fourth-order valence-electron chi connectivity index (χ4n) is 5.10. The summed E-state index contributed by atoms with van der Waals surface area (Å²) in [5.41, 5.74) is 12.7. The van der Waals surface area contributed by atoms with Gasteiger partial charge >= 0.3 is 0 Å². The van der Waals surface area contributed by atoms with Crippen molar-refractivity contribution in [3.63, 3.8) is 0 Å². The van der Waals surface area contributed by atoms with Crippen LogP contribution in [0.2, 0.25) is 0 Å². The predicted molar refractivity (Wildman–Crippen MR) is 157 cm³/mol. The van der Waals surface area contributed by atoms with Crippen LogP contribution in [0.3, 0.4) is 0 Å². The maximum atomic E-state index is 13.7. The molecule has 212 valence electrons. The van der Waals surface area contributed by atoms with Gasteiger partial charge in [-0.05, 0) is 71.3 Å². The molecule has 0 radical (unpaired) electrons. The van der Waals surface area contributed by atoms with Crippen LogP contribution in [0, 0.1) is 12.7 Å². The van der Waals surface area contributed by atoms with Crippen molar-refractivity contribution in [2.75, 3.05) is 12.4 Å². The summed E-state index contributed by atoms with van der Waals surface area (Å²) in [7, 11) is 1.43. The third-order valence-corrected chi connectivity index (χ3v) is 7.48. The van der Waals surface area contributed by atoms with Gasteiger partial charge in [-0.1, -0.05) is 45.0 Å². The van der Waals surface area contributed by atoms with Gasteiger partial charge in [0.15, 0.2) is 0 Å². The van der Waals surface area contributed by atoms with Crippen molar-refractivity contribution in [1.82, 2.24) is 15.1 Å². The molecule has 0 unspecified atom stereocenters. The minimum absolute atomic E-state index is 0.0274. The highest BCUT2D eigenvalue weighted by molar-refractivity contribution is 6.04. The molecule has 0 spiro atoms. The summed E-state index contributed by atoms with van der Waals surface area (Å²) >= 11 is 0. The first-order valence-electron chi connectivity index (χ1n) is 13.5. The molecule has 41 heavy (non-hydrogen) atoms. The summed E-state index contributed by atoms with van der Waals surface area (Å²) in [6.45, 7) is 9.29. The lowest BCUT2D eigenvalue weighted by molar-refractivity contribution is 0.0946. The van der Waals surface area contributed by atoms with E-state index < -0.39 is 17.6 Å². The topological polar surface area (TPSA) is 111 Å². The van der Waals surface area contributed by atoms with Crippen molar-refractivity contribution in [2.45, 2.75) is 52.6 Å². The Morgan fingerprint density at radius 2 is 1.90 bits per heavy atom. The Labute approximate surface area is 238 Å². The second kappa shape index (κ2) is 10.7. The monoisotopic (exact) mass is 555 g/mol. The summed E-state index contributed by atoms with van der Waals surface area (Å²) in [4.78, 5) is 25.5. The molecule has 9 heteroatoms. The summed E-state index contributed by atoms with van der Waals surface area (Å²) in [6.07, 6.45) is 0.756. The van der Waals surface area contributed by atoms with Crippen LogP contribution in [0.1, 0.15) is 63.7 Å². The standard InChI is InChI=1S/C32H34FN5O3/c1-18-14-20(6-7-21(18)17-35-31(40)24-16-23(33)9-11-26(24)41-5)28-27(29(34)39)30-36-25-10-8-22(32(2,3)4)15-19(25)12-13-38(30)37-28/h6-11,14-16,36H,12-13,17H2,1-5H3,(H2,34,39)(H,35,40). The smallest absolute Gasteiger partial charge is 0.255 e. The first-order valence-corrected chi connectivity index (χ1v) is 13.5. The number of fused-ring (bicyclic) bond motifs is 2. The Kier molecular flexibility index (Phi) is 7.29. The highest BCUT2D eigenvalue weighted by Gasteiger charge is 2.27. The van der Waals surface area contributed by atoms with Crippen molar-refractivity contribution < 1.29 is 18.7 Å². The van der Waals surface area contributed by atoms with Crippen LogP contribution in [0.15, 0.2) is 54.6 Å². The fraction of sp³-hybridized carbons (Fsp3) is 0.281. The number of hydrogen-bond acceptors (Lipinski definition) is 5. The second-order valence-electron chi connectivity index (χ2n) is 11.3. The Morgan fingerprint density at radius 3 is 2.59 bits per heavy atom. The van der Waals surface area contributed by atoms with Crippen LogP contribution >= 0.6 is 0 Å². The van der Waals surface area contributed by atoms with Gasteiger partial charge in [-0.15, -0.1) is 0 Å². The number of aryl methyl sites for hydroxylation is 3. The van der Waals surface area contributed by atoms with E-state index in [1.807, 2.05) is 29.8 Å². The number of carbonyl (C=O) groups is 2. The number of amides is 2. The number of halogens is 1. The summed E-state index contributed by atoms with van der Waals surface area (Å²) in [5, 5.41) is 11.1. The molecule has 0 fully saturated rings. The van der Waals surface area contributed by atoms with Crippen molar-refractivity contribution >= 4 is 23.3 Å². The Hall–Kier alpha value is -4.66. The minimum atomic E-state index is -0.568. The van der Waals surface area contributed by atoms with E-state index in [9.17, 15) is 14.0 Å². The molecule has 4 aromatic rings. The molecule has 0 atom stereocenters. The van der Waals surface area contributed by atoms with Gasteiger partial charge in [0.2, 0.25) is 0 Å². The lowest BCUT2D eigenvalue weighted by Crippen LogP contribution is -2.24. The quantitative estimate of drug-likeness (QED) is 0.286. The first kappa shape index (κ1) is 27.9. The minimum Gasteiger partial charge on any atom is -0.496 e. The summed E-state index contributed by atoms with van der Waals surface area (Å²) in [5.74, 6) is -0.665. The van der Waals surface area contributed by atoms with E-state index in [0.29, 0.717) is 29.4 Å². The average Bonchev–Trinajstić information content (AvgIpc) is 3.19. The van der Waals surface area contributed by atoms with Crippen LogP contribution in [0.25, 0.3) is 11.3 Å². The Morgan fingerprint density at radius 1 is 1.12 bits per heavy atom. The maximum Gasteiger partial charge on any atom is 0.255 e. The van der Waals surface area contributed by atoms with Crippen molar-refractivity contribution in [3.05, 3.63) is 93.8 Å². The number of anilines is 2. The normalized spacial score (nSPS) is 12.5. The van der Waals surface area contributed by atoms with Gasteiger partial charge in [0, 0.05) is 24.3 Å². The predicted octanol–water partition coefficient (Wildman–Crippen LogP) is 5.63. The molecule has 8 nitrogen and oxygen atoms in total. The molecule has 4 N–H and O–H groups in total. The second-order valence-corrected chi connectivity index (χ2v) is 11.3. The Balaban J connectivity index is 1.41. The van der Waals surface area contributed by atoms with Gasteiger partial charge in [-0.2, -0.15) is 5.10 Å². The van der Waals surface area contributed by atoms with Crippen LogP contribution in [0.5, 0.6) is 5.75 Å². The van der Waals surface area contributed by atoms with Gasteiger partial charge < -0.3 is 21.1 Å². The van der Waals surface area contributed by atoms with Crippen LogP contribution in [0.4, 0.5) is 15.9 Å². The van der Waals surface area contributed by atoms with Crippen molar-refractivity contribution in [3.8, 4) is 17.0 Å². The number of rotatable bonds is 6. The van der Waals surface area contributed by atoms with Crippen molar-refractivity contribution in [2.24, 2.45) is 5.73 Å². The van der Waals surface area contributed by atoms with E-state index in [1.165, 1.54) is 24.8 Å². The van der Waals surface area contributed by atoms with Gasteiger partial charge in [0.25, 0.3) is 11.8 Å². The molecule has 1 aromatic heterocycles. The number of benzene rings is 3. The molecule has 2 amide bonds. The zero-order valence-corrected chi connectivity index (χ0v) is 23.9. The van der Waals surface area contributed by atoms with E-state index in [2.05, 4.69) is 49.6 Å². The third-order valence-electron chi connectivity index (χ3n) is 7.48. The summed E-state index contributed by atoms with van der Waals surface area (Å²) < 4.78 is 20.7. The number of nitrogens with two attached hydrogens (primary N) is 1. The van der Waals surface area contributed by atoms with Crippen LogP contribution in [-0.4, -0.2) is 28.7 Å². The van der Waals surface area contributed by atoms with E-state index in [1.54, 1.807) is 0 Å². The largest absolute Gasteiger partial charge is 0.496 e. The molecular formula is C32H34FN5O3. The zero-order chi connectivity index (χ0) is 29.5. The summed E-state index contributed by atoms with van der Waals surface area (Å²) in [6, 6.07) is 15.8. The molecule has 0 bridgehead atoms. The van der Waals surface area contributed by atoms with E-state index in [-0.39, 0.29) is 17.5 Å². The number of hydrogen-bond donors (Lipinski definition) is 3. The molecule has 3 aromatic carbocycles. The number of nitrogens with zero attached hydrogens (tertiary/aromatic N) is 2. The van der Waals surface area contributed by atoms with Gasteiger partial charge in [0.1, 0.15) is 28.6 Å². The maximum absolute atomic E-state index is 13.7. The molecule has 1 aliphatic rings. The highest BCUT2D eigenvalue weighted by Crippen LogP contribution is 2.36.